The third-order valence-corrected chi connectivity index (χ3v) is 1.47. The predicted molar refractivity (Wildman–Crippen MR) is 42.6 cm³/mol. The molecule has 12 heavy (non-hydrogen) atoms. The average Bonchev–Trinajstić information content (AvgIpc) is 2.01. The molecule has 0 aliphatic rings. The molecule has 0 rings (SSSR count). The Morgan fingerprint density at radius 3 is 2.67 bits per heavy atom. The Balaban J connectivity index is 3.46. The monoisotopic (exact) mass is 174 g/mol. The summed E-state index contributed by atoms with van der Waals surface area (Å²) in [6.45, 7) is 0.0128. The summed E-state index contributed by atoms with van der Waals surface area (Å²) in [5.41, 5.74) is 0. The van der Waals surface area contributed by atoms with Gasteiger partial charge in [0.1, 0.15) is 12.1 Å². The van der Waals surface area contributed by atoms with Crippen LogP contribution in [0.4, 0.5) is 0 Å². The van der Waals surface area contributed by atoms with E-state index in [0.717, 1.165) is 0 Å². The van der Waals surface area contributed by atoms with E-state index in [2.05, 4.69) is 0 Å². The molecule has 4 nitrogen and oxygen atoms in total. The number of carbonyl (C=O) groups excluding carboxylic acids is 2. The zero-order chi connectivity index (χ0) is 9.40. The highest BCUT2D eigenvalue weighted by Gasteiger charge is 2.09. The SMILES string of the molecule is O=CCC(=O)CC(O)CCCO. The number of rotatable bonds is 7. The van der Waals surface area contributed by atoms with E-state index in [1.807, 2.05) is 0 Å². The second-order valence-corrected chi connectivity index (χ2v) is 2.63. The number of Topliss-reactive ketones (excluding diaryl/α,β-unsaturated/α-hetero) is 1. The predicted octanol–water partition coefficient (Wildman–Crippen LogP) is -0.332. The van der Waals surface area contributed by atoms with Crippen LogP contribution >= 0.6 is 0 Å². The van der Waals surface area contributed by atoms with E-state index in [1.165, 1.54) is 0 Å². The van der Waals surface area contributed by atoms with Crippen molar-refractivity contribution in [3.63, 3.8) is 0 Å². The van der Waals surface area contributed by atoms with Gasteiger partial charge in [0, 0.05) is 13.0 Å². The lowest BCUT2D eigenvalue weighted by atomic mass is 10.1. The summed E-state index contributed by atoms with van der Waals surface area (Å²) in [7, 11) is 0. The quantitative estimate of drug-likeness (QED) is 0.409. The lowest BCUT2D eigenvalue weighted by Crippen LogP contribution is -2.13. The zero-order valence-electron chi connectivity index (χ0n) is 6.90. The van der Waals surface area contributed by atoms with Crippen molar-refractivity contribution in [3.8, 4) is 0 Å². The van der Waals surface area contributed by atoms with Gasteiger partial charge in [0.25, 0.3) is 0 Å². The van der Waals surface area contributed by atoms with Gasteiger partial charge in [-0.25, -0.2) is 0 Å². The average molecular weight is 174 g/mol. The van der Waals surface area contributed by atoms with Gasteiger partial charge in [-0.1, -0.05) is 0 Å². The summed E-state index contributed by atoms with van der Waals surface area (Å²) < 4.78 is 0. The summed E-state index contributed by atoms with van der Waals surface area (Å²) in [4.78, 5) is 20.6. The van der Waals surface area contributed by atoms with Gasteiger partial charge in [-0.3, -0.25) is 4.79 Å². The van der Waals surface area contributed by atoms with Gasteiger partial charge in [-0.15, -0.1) is 0 Å². The Labute approximate surface area is 71.2 Å². The largest absolute Gasteiger partial charge is 0.396 e. The highest BCUT2D eigenvalue weighted by atomic mass is 16.3. The van der Waals surface area contributed by atoms with Crippen molar-refractivity contribution in [2.75, 3.05) is 6.61 Å². The Bertz CT molecular complexity index is 144. The van der Waals surface area contributed by atoms with Gasteiger partial charge in [-0.05, 0) is 12.8 Å². The third kappa shape index (κ3) is 6.00. The summed E-state index contributed by atoms with van der Waals surface area (Å²) >= 11 is 0. The lowest BCUT2D eigenvalue weighted by Gasteiger charge is -2.06. The number of aldehydes is 1. The van der Waals surface area contributed by atoms with Crippen LogP contribution in [0.2, 0.25) is 0 Å². The molecule has 0 spiro atoms. The first-order chi connectivity index (χ1) is 5.70. The molecule has 0 bridgehead atoms. The number of carbonyl (C=O) groups is 2. The molecular formula is C8H14O4. The molecule has 0 aliphatic carbocycles. The number of hydrogen-bond donors (Lipinski definition) is 2. The molecule has 70 valence electrons. The zero-order valence-corrected chi connectivity index (χ0v) is 6.90. The maximum Gasteiger partial charge on any atom is 0.142 e. The minimum atomic E-state index is -0.718. The van der Waals surface area contributed by atoms with Crippen molar-refractivity contribution < 1.29 is 19.8 Å². The van der Waals surface area contributed by atoms with Crippen LogP contribution in [-0.2, 0) is 9.59 Å². The van der Waals surface area contributed by atoms with Crippen molar-refractivity contribution >= 4 is 12.1 Å². The van der Waals surface area contributed by atoms with E-state index >= 15 is 0 Å². The molecule has 0 saturated heterocycles. The van der Waals surface area contributed by atoms with Crippen molar-refractivity contribution in [2.45, 2.75) is 31.8 Å². The van der Waals surface area contributed by atoms with Crippen LogP contribution in [0.5, 0.6) is 0 Å². The Hall–Kier alpha value is -0.740. The first kappa shape index (κ1) is 11.3. The normalized spacial score (nSPS) is 12.5. The van der Waals surface area contributed by atoms with Crippen LogP contribution in [0.15, 0.2) is 0 Å². The van der Waals surface area contributed by atoms with Gasteiger partial charge >= 0.3 is 0 Å². The fourth-order valence-electron chi connectivity index (χ4n) is 0.868. The van der Waals surface area contributed by atoms with Gasteiger partial charge < -0.3 is 15.0 Å². The third-order valence-electron chi connectivity index (χ3n) is 1.47. The van der Waals surface area contributed by atoms with Gasteiger partial charge in [0.2, 0.25) is 0 Å². The van der Waals surface area contributed by atoms with E-state index in [1.54, 1.807) is 0 Å². The number of hydrogen-bond acceptors (Lipinski definition) is 4. The number of aliphatic hydroxyl groups excluding tert-OH is 2. The minimum absolute atomic E-state index is 0.0126. The highest BCUT2D eigenvalue weighted by Crippen LogP contribution is 2.02. The fourth-order valence-corrected chi connectivity index (χ4v) is 0.868. The first-order valence-electron chi connectivity index (χ1n) is 3.95. The Morgan fingerprint density at radius 1 is 1.50 bits per heavy atom. The van der Waals surface area contributed by atoms with Crippen molar-refractivity contribution in [1.29, 1.82) is 0 Å². The van der Waals surface area contributed by atoms with Crippen LogP contribution in [0.25, 0.3) is 0 Å². The van der Waals surface area contributed by atoms with Gasteiger partial charge in [0.05, 0.1) is 12.5 Å². The molecule has 0 radical (unpaired) electrons. The van der Waals surface area contributed by atoms with E-state index in [4.69, 9.17) is 10.2 Å². The maximum atomic E-state index is 10.8. The molecule has 0 aromatic rings. The topological polar surface area (TPSA) is 74.6 Å². The standard InChI is InChI=1S/C8H14O4/c9-4-1-2-7(11)6-8(12)3-5-10/h5,7,9,11H,1-4,6H2. The van der Waals surface area contributed by atoms with E-state index in [0.29, 0.717) is 19.1 Å². The smallest absolute Gasteiger partial charge is 0.142 e. The lowest BCUT2D eigenvalue weighted by molar-refractivity contribution is -0.123. The van der Waals surface area contributed by atoms with Crippen LogP contribution in [0, 0.1) is 0 Å². The highest BCUT2D eigenvalue weighted by molar-refractivity contribution is 5.89. The Kier molecular flexibility index (Phi) is 6.51. The minimum Gasteiger partial charge on any atom is -0.396 e. The second kappa shape index (κ2) is 6.94. The molecule has 0 amide bonds. The summed E-state index contributed by atoms with van der Waals surface area (Å²) in [5, 5.41) is 17.5. The molecule has 0 aliphatic heterocycles. The molecule has 1 unspecified atom stereocenters. The molecule has 2 N–H and O–H groups in total. The van der Waals surface area contributed by atoms with Crippen molar-refractivity contribution in [1.82, 2.24) is 0 Å². The van der Waals surface area contributed by atoms with Crippen molar-refractivity contribution in [2.24, 2.45) is 0 Å². The van der Waals surface area contributed by atoms with Crippen LogP contribution in [-0.4, -0.2) is 35.0 Å². The summed E-state index contributed by atoms with van der Waals surface area (Å²) in [6.07, 6.45) is 0.580. The van der Waals surface area contributed by atoms with E-state index < -0.39 is 6.10 Å². The second-order valence-electron chi connectivity index (χ2n) is 2.63. The molecule has 0 saturated carbocycles. The Morgan fingerprint density at radius 2 is 2.17 bits per heavy atom. The van der Waals surface area contributed by atoms with Crippen LogP contribution < -0.4 is 0 Å². The first-order valence-corrected chi connectivity index (χ1v) is 3.95. The number of ketones is 1. The molecule has 0 fully saturated rings. The van der Waals surface area contributed by atoms with Crippen molar-refractivity contribution in [3.05, 3.63) is 0 Å². The fraction of sp³-hybridized carbons (Fsp3) is 0.750. The van der Waals surface area contributed by atoms with Gasteiger partial charge in [-0.2, -0.15) is 0 Å². The summed E-state index contributed by atoms with van der Waals surface area (Å²) in [6, 6.07) is 0. The van der Waals surface area contributed by atoms with E-state index in [-0.39, 0.29) is 25.2 Å². The molecule has 4 heteroatoms. The molecular weight excluding hydrogens is 160 g/mol. The molecule has 0 aromatic carbocycles. The van der Waals surface area contributed by atoms with Crippen LogP contribution in [0.3, 0.4) is 0 Å². The summed E-state index contributed by atoms with van der Waals surface area (Å²) in [5.74, 6) is -0.254. The molecule has 1 atom stereocenters. The van der Waals surface area contributed by atoms with Crippen LogP contribution in [0.1, 0.15) is 25.7 Å². The molecule has 0 heterocycles. The maximum absolute atomic E-state index is 10.8. The molecule has 0 aromatic heterocycles. The number of aliphatic hydroxyl groups is 2. The van der Waals surface area contributed by atoms with Gasteiger partial charge in [0.15, 0.2) is 0 Å². The van der Waals surface area contributed by atoms with E-state index in [9.17, 15) is 9.59 Å².